The Morgan fingerprint density at radius 2 is 1.22 bits per heavy atom. The number of hydrogen-bond acceptors (Lipinski definition) is 3. The molecule has 0 atom stereocenters. The van der Waals surface area contributed by atoms with Gasteiger partial charge in [0.15, 0.2) is 0 Å². The normalized spacial score (nSPS) is 11.7. The Bertz CT molecular complexity index is 3280. The molecule has 0 aliphatic heterocycles. The van der Waals surface area contributed by atoms with Crippen LogP contribution in [-0.4, -0.2) is 22.6 Å². The molecular weight excluding hydrogens is 1010 g/mol. The molecule has 3 aromatic heterocycles. The van der Waals surface area contributed by atoms with E-state index in [0.717, 1.165) is 62.0 Å². The first-order chi connectivity index (χ1) is 31.8. The fraction of sp³-hybridized carbons (Fsp3) is 0.213. The molecule has 0 spiro atoms. The molecule has 0 saturated heterocycles. The molecule has 0 aliphatic carbocycles. The smallest absolute Gasteiger partial charge is 0.120 e. The van der Waals surface area contributed by atoms with Crippen LogP contribution in [0.5, 0.6) is 0 Å². The van der Waals surface area contributed by atoms with Gasteiger partial charge in [0, 0.05) is 37.4 Å². The van der Waals surface area contributed by atoms with Crippen LogP contribution >= 0.6 is 0 Å². The van der Waals surface area contributed by atoms with Crippen molar-refractivity contribution in [2.24, 2.45) is 5.92 Å². The summed E-state index contributed by atoms with van der Waals surface area (Å²) in [6.07, 6.45) is 3.23. The Morgan fingerprint density at radius 1 is 0.597 bits per heavy atom. The van der Waals surface area contributed by atoms with Crippen LogP contribution in [0.25, 0.3) is 83.6 Å². The van der Waals surface area contributed by atoms with Crippen molar-refractivity contribution in [3.05, 3.63) is 193 Å². The number of benzene rings is 7. The van der Waals surface area contributed by atoms with Gasteiger partial charge in [-0.15, -0.1) is 59.2 Å². The standard InChI is InChI=1S/C37H31N2O.C24H28NSi.Ir/c1-23(2)29-21-27(25-12-6-5-7-13-25)22-30(24(3)4)36(29)39-33-16-10-9-15-32(33)38-37(39)26-18-19-35-31(20-26)28-14-8-11-17-34(28)40-35;1-18(2)14-22-16-23(25-17-24(22)26(3,4)5)21-13-9-12-20(15-21)19-10-7-6-8-11-19;/h5-17,19-24H,1-4H3;6-12,15-18H,14H2,1-5H3;/q2*-1;. The number of aromatic nitrogens is 3. The van der Waals surface area contributed by atoms with Crippen molar-refractivity contribution in [3.63, 3.8) is 0 Å². The summed E-state index contributed by atoms with van der Waals surface area (Å²) in [5, 5.41) is 3.66. The van der Waals surface area contributed by atoms with Gasteiger partial charge in [-0.25, -0.2) is 0 Å². The second-order valence-corrected chi connectivity index (χ2v) is 24.6. The molecule has 0 fully saturated rings. The molecular formula is C61H59IrN3OSi-2. The van der Waals surface area contributed by atoms with Crippen LogP contribution in [0.2, 0.25) is 19.6 Å². The quantitative estimate of drug-likeness (QED) is 0.101. The van der Waals surface area contributed by atoms with E-state index in [-0.39, 0.29) is 20.1 Å². The number of nitrogens with zero attached hydrogens (tertiary/aromatic N) is 3. The largest absolute Gasteiger partial charge is 0.500 e. The van der Waals surface area contributed by atoms with Crippen molar-refractivity contribution in [1.82, 2.24) is 14.5 Å². The summed E-state index contributed by atoms with van der Waals surface area (Å²) in [6.45, 7) is 20.9. The first-order valence-corrected chi connectivity index (χ1v) is 27.0. The van der Waals surface area contributed by atoms with Gasteiger partial charge in [-0.05, 0) is 93.2 Å². The number of imidazole rings is 1. The molecule has 339 valence electrons. The third kappa shape index (κ3) is 9.95. The second-order valence-electron chi connectivity index (χ2n) is 19.6. The summed E-state index contributed by atoms with van der Waals surface area (Å²) in [4.78, 5) is 10.0. The van der Waals surface area contributed by atoms with E-state index in [2.05, 4.69) is 211 Å². The van der Waals surface area contributed by atoms with Crippen molar-refractivity contribution in [3.8, 4) is 50.6 Å². The molecule has 0 saturated carbocycles. The zero-order valence-corrected chi connectivity index (χ0v) is 43.5. The van der Waals surface area contributed by atoms with Crippen LogP contribution in [0.4, 0.5) is 0 Å². The summed E-state index contributed by atoms with van der Waals surface area (Å²) in [6, 6.07) is 62.2. The average Bonchev–Trinajstić information content (AvgIpc) is 3.90. The summed E-state index contributed by atoms with van der Waals surface area (Å²) in [7, 11) is -1.40. The van der Waals surface area contributed by atoms with Crippen molar-refractivity contribution in [2.75, 3.05) is 0 Å². The molecule has 6 heteroatoms. The molecule has 0 aliphatic rings. The fourth-order valence-corrected chi connectivity index (χ4v) is 10.8. The Hall–Kier alpha value is -6.17. The maximum absolute atomic E-state index is 6.12. The van der Waals surface area contributed by atoms with Crippen LogP contribution in [0.15, 0.2) is 168 Å². The molecule has 0 N–H and O–H groups in total. The maximum atomic E-state index is 6.12. The van der Waals surface area contributed by atoms with Gasteiger partial charge in [0.25, 0.3) is 0 Å². The molecule has 4 nitrogen and oxygen atoms in total. The number of furan rings is 1. The van der Waals surface area contributed by atoms with Crippen molar-refractivity contribution in [2.45, 2.75) is 79.4 Å². The Morgan fingerprint density at radius 3 is 1.88 bits per heavy atom. The van der Waals surface area contributed by atoms with Crippen molar-refractivity contribution in [1.29, 1.82) is 0 Å². The molecule has 3 heterocycles. The van der Waals surface area contributed by atoms with Gasteiger partial charge < -0.3 is 14.0 Å². The molecule has 1 radical (unpaired) electrons. The average molecular weight is 1070 g/mol. The van der Waals surface area contributed by atoms with Gasteiger partial charge in [0.05, 0.1) is 30.5 Å². The summed E-state index contributed by atoms with van der Waals surface area (Å²) in [5.41, 5.74) is 17.1. The monoisotopic (exact) mass is 1070 g/mol. The first-order valence-electron chi connectivity index (χ1n) is 23.5. The molecule has 7 aromatic carbocycles. The zero-order chi connectivity index (χ0) is 46.1. The van der Waals surface area contributed by atoms with Crippen LogP contribution < -0.4 is 5.19 Å². The Labute approximate surface area is 411 Å². The van der Waals surface area contributed by atoms with Gasteiger partial charge >= 0.3 is 0 Å². The van der Waals surface area contributed by atoms with Crippen molar-refractivity contribution < 1.29 is 24.5 Å². The first kappa shape index (κ1) is 47.3. The number of hydrogen-bond donors (Lipinski definition) is 0. The zero-order valence-electron chi connectivity index (χ0n) is 40.1. The number of pyridine rings is 1. The Balaban J connectivity index is 0.000000196. The van der Waals surface area contributed by atoms with E-state index in [4.69, 9.17) is 14.4 Å². The minimum absolute atomic E-state index is 0. The molecule has 0 unspecified atom stereocenters. The predicted molar refractivity (Wildman–Crippen MR) is 282 cm³/mol. The van der Waals surface area contributed by atoms with Crippen LogP contribution in [0.3, 0.4) is 0 Å². The van der Waals surface area contributed by atoms with E-state index in [0.29, 0.717) is 17.8 Å². The fourth-order valence-electron chi connectivity index (χ4n) is 9.20. The number of para-hydroxylation sites is 3. The number of rotatable bonds is 10. The summed E-state index contributed by atoms with van der Waals surface area (Å²) in [5.74, 6) is 2.16. The van der Waals surface area contributed by atoms with E-state index in [9.17, 15) is 0 Å². The van der Waals surface area contributed by atoms with E-state index in [1.165, 1.54) is 49.8 Å². The molecule has 0 bridgehead atoms. The molecule has 0 amide bonds. The van der Waals surface area contributed by atoms with Gasteiger partial charge in [0.2, 0.25) is 0 Å². The summed E-state index contributed by atoms with van der Waals surface area (Å²) >= 11 is 0. The van der Waals surface area contributed by atoms with Crippen LogP contribution in [0, 0.1) is 18.1 Å². The minimum atomic E-state index is -1.40. The van der Waals surface area contributed by atoms with Crippen LogP contribution in [0.1, 0.15) is 70.1 Å². The van der Waals surface area contributed by atoms with E-state index in [1.807, 2.05) is 30.3 Å². The van der Waals surface area contributed by atoms with Gasteiger partial charge in [-0.3, -0.25) is 4.98 Å². The summed E-state index contributed by atoms with van der Waals surface area (Å²) < 4.78 is 8.48. The van der Waals surface area contributed by atoms with Crippen molar-refractivity contribution >= 4 is 46.2 Å². The molecule has 10 rings (SSSR count). The topological polar surface area (TPSA) is 43.9 Å². The number of fused-ring (bicyclic) bond motifs is 4. The molecule has 10 aromatic rings. The van der Waals surface area contributed by atoms with Gasteiger partial charge in [0.1, 0.15) is 5.58 Å². The molecule has 67 heavy (non-hydrogen) atoms. The van der Waals surface area contributed by atoms with E-state index >= 15 is 0 Å². The van der Waals surface area contributed by atoms with E-state index < -0.39 is 8.07 Å². The maximum Gasteiger partial charge on any atom is 0.120 e. The van der Waals surface area contributed by atoms with E-state index in [1.54, 1.807) is 0 Å². The Kier molecular flexibility index (Phi) is 14.1. The SMILES string of the molecule is CC(C)Cc1cc(-c2[c-]ccc(-c3ccccc3)c2)ncc1[Si](C)(C)C.CC(C)c1cc(-c2ccccc2)cc(C(C)C)c1-n1c(-c2[c-]cc3oc4ccccc4c3c2)nc2ccccc21.[Ir]. The second kappa shape index (κ2) is 20.0. The van der Waals surface area contributed by atoms with Crippen LogP contribution in [-0.2, 0) is 26.5 Å². The minimum Gasteiger partial charge on any atom is -0.500 e. The third-order valence-corrected chi connectivity index (χ3v) is 14.5. The third-order valence-electron chi connectivity index (χ3n) is 12.5. The van der Waals surface area contributed by atoms with Gasteiger partial charge in [-0.1, -0.05) is 169 Å². The van der Waals surface area contributed by atoms with Gasteiger partial charge in [-0.2, -0.15) is 0 Å². The predicted octanol–water partition coefficient (Wildman–Crippen LogP) is 16.3.